The van der Waals surface area contributed by atoms with Crippen LogP contribution in [0.2, 0.25) is 0 Å². The highest BCUT2D eigenvalue weighted by Gasteiger charge is 2.36. The van der Waals surface area contributed by atoms with Crippen molar-refractivity contribution < 1.29 is 0 Å². The number of benzene rings is 4. The molecule has 33 heavy (non-hydrogen) atoms. The molecule has 1 N–H and O–H groups in total. The van der Waals surface area contributed by atoms with E-state index in [-0.39, 0.29) is 10.8 Å². The van der Waals surface area contributed by atoms with E-state index in [0.717, 1.165) is 0 Å². The molecule has 0 saturated carbocycles. The summed E-state index contributed by atoms with van der Waals surface area (Å²) in [6.45, 7) is 4.63. The van der Waals surface area contributed by atoms with Crippen molar-refractivity contribution in [3.8, 4) is 0 Å². The van der Waals surface area contributed by atoms with Gasteiger partial charge in [0.05, 0.1) is 10.8 Å². The van der Waals surface area contributed by atoms with Gasteiger partial charge in [-0.15, -0.1) is 0 Å². The molecular weight excluding hydrogens is 398 g/mol. The van der Waals surface area contributed by atoms with Gasteiger partial charge in [0.25, 0.3) is 0 Å². The quantitative estimate of drug-likeness (QED) is 0.285. The molecule has 0 atom stereocenters. The highest BCUT2D eigenvalue weighted by molar-refractivity contribution is 5.52. The van der Waals surface area contributed by atoms with Crippen LogP contribution in [0.3, 0.4) is 0 Å². The van der Waals surface area contributed by atoms with Gasteiger partial charge in [0.2, 0.25) is 0 Å². The molecule has 162 valence electrons. The second kappa shape index (κ2) is 8.60. The van der Waals surface area contributed by atoms with Crippen molar-refractivity contribution in [2.45, 2.75) is 24.7 Å². The molecule has 0 spiro atoms. The zero-order chi connectivity index (χ0) is 22.7. The molecule has 0 saturated heterocycles. The van der Waals surface area contributed by atoms with Crippen LogP contribution in [0.15, 0.2) is 133 Å². The second-order valence-electron chi connectivity index (χ2n) is 9.00. The normalized spacial score (nSPS) is 11.9. The minimum Gasteiger partial charge on any atom is -0.360 e. The van der Waals surface area contributed by atoms with Gasteiger partial charge in [0.1, 0.15) is 0 Å². The van der Waals surface area contributed by atoms with Gasteiger partial charge >= 0.3 is 0 Å². The Hall–Kier alpha value is -3.84. The average molecular weight is 428 g/mol. The first-order valence-corrected chi connectivity index (χ1v) is 11.6. The third-order valence-corrected chi connectivity index (χ3v) is 7.17. The summed E-state index contributed by atoms with van der Waals surface area (Å²) in [4.78, 5) is 3.89. The van der Waals surface area contributed by atoms with Gasteiger partial charge in [-0.1, -0.05) is 121 Å². The van der Waals surface area contributed by atoms with Crippen molar-refractivity contribution >= 4 is 0 Å². The lowest BCUT2D eigenvalue weighted by atomic mass is 9.73. The molecule has 4 aromatic carbocycles. The minimum absolute atomic E-state index is 0.297. The molecule has 0 aliphatic carbocycles. The number of rotatable bonds is 6. The Labute approximate surface area is 196 Å². The van der Waals surface area contributed by atoms with Crippen molar-refractivity contribution in [1.82, 2.24) is 4.98 Å². The van der Waals surface area contributed by atoms with Crippen LogP contribution in [0.4, 0.5) is 0 Å². The van der Waals surface area contributed by atoms with Gasteiger partial charge in [-0.25, -0.2) is 0 Å². The molecule has 0 aliphatic heterocycles. The molecule has 5 aromatic rings. The lowest BCUT2D eigenvalue weighted by molar-refractivity contribution is 0.636. The van der Waals surface area contributed by atoms with Crippen LogP contribution in [0.25, 0.3) is 0 Å². The van der Waals surface area contributed by atoms with E-state index in [1.165, 1.54) is 33.6 Å². The monoisotopic (exact) mass is 427 g/mol. The molecule has 5 rings (SSSR count). The molecule has 1 heterocycles. The molecule has 1 heteroatoms. The minimum atomic E-state index is -0.297. The predicted molar refractivity (Wildman–Crippen MR) is 138 cm³/mol. The van der Waals surface area contributed by atoms with E-state index in [1.807, 2.05) is 0 Å². The van der Waals surface area contributed by atoms with Crippen LogP contribution < -0.4 is 0 Å². The summed E-state index contributed by atoms with van der Waals surface area (Å²) in [5.41, 5.74) is 6.86. The molecule has 1 nitrogen and oxygen atoms in total. The molecule has 1 aromatic heterocycles. The van der Waals surface area contributed by atoms with Crippen LogP contribution in [-0.4, -0.2) is 4.98 Å². The van der Waals surface area contributed by atoms with Gasteiger partial charge in [-0.05, 0) is 48.2 Å². The maximum atomic E-state index is 3.89. The standard InChI is InChI=1S/C32H29N/c1-31(25-15-7-3-8-16-25,26-17-9-4-10-18-26)29-23-24-30(33-29)32(2,27-19-11-5-12-20-27)28-21-13-6-14-22-28/h3-24,33H,1-2H3. The van der Waals surface area contributed by atoms with Crippen molar-refractivity contribution in [1.29, 1.82) is 0 Å². The Bertz CT molecular complexity index is 1120. The summed E-state index contributed by atoms with van der Waals surface area (Å²) in [6, 6.07) is 47.6. The first kappa shape index (κ1) is 21.0. The lowest BCUT2D eigenvalue weighted by Gasteiger charge is -2.33. The zero-order valence-corrected chi connectivity index (χ0v) is 19.2. The molecule has 0 amide bonds. The fraction of sp³-hybridized carbons (Fsp3) is 0.125. The van der Waals surface area contributed by atoms with Crippen molar-refractivity contribution in [3.63, 3.8) is 0 Å². The maximum absolute atomic E-state index is 3.89. The van der Waals surface area contributed by atoms with Gasteiger partial charge in [0, 0.05) is 11.4 Å². The number of aromatic amines is 1. The molecule has 0 unspecified atom stereocenters. The topological polar surface area (TPSA) is 15.8 Å². The third kappa shape index (κ3) is 3.60. The highest BCUT2D eigenvalue weighted by Crippen LogP contribution is 2.42. The smallest absolute Gasteiger partial charge is 0.0573 e. The predicted octanol–water partition coefficient (Wildman–Crippen LogP) is 7.72. The van der Waals surface area contributed by atoms with Crippen molar-refractivity contribution in [2.75, 3.05) is 0 Å². The Balaban J connectivity index is 1.71. The summed E-state index contributed by atoms with van der Waals surface area (Å²) in [5, 5.41) is 0. The average Bonchev–Trinajstić information content (AvgIpc) is 3.41. The SMILES string of the molecule is CC(c1ccccc1)(c1ccccc1)c1ccc(C(C)(c2ccccc2)c2ccccc2)[nH]1. The Morgan fingerprint density at radius 2 is 0.606 bits per heavy atom. The van der Waals surface area contributed by atoms with Crippen LogP contribution in [-0.2, 0) is 10.8 Å². The molecular formula is C32H29N. The van der Waals surface area contributed by atoms with Crippen molar-refractivity contribution in [3.05, 3.63) is 167 Å². The fourth-order valence-electron chi connectivity index (χ4n) is 5.02. The van der Waals surface area contributed by atoms with Crippen molar-refractivity contribution in [2.24, 2.45) is 0 Å². The van der Waals surface area contributed by atoms with E-state index in [4.69, 9.17) is 0 Å². The van der Waals surface area contributed by atoms with Crippen LogP contribution in [0.1, 0.15) is 47.5 Å². The summed E-state index contributed by atoms with van der Waals surface area (Å²) >= 11 is 0. The Morgan fingerprint density at radius 1 is 0.364 bits per heavy atom. The Kier molecular flexibility index (Phi) is 5.48. The number of aromatic nitrogens is 1. The number of hydrogen-bond acceptors (Lipinski definition) is 0. The van der Waals surface area contributed by atoms with E-state index >= 15 is 0 Å². The first-order chi connectivity index (χ1) is 16.1. The van der Waals surface area contributed by atoms with Gasteiger partial charge in [0.15, 0.2) is 0 Å². The van der Waals surface area contributed by atoms with Crippen LogP contribution in [0, 0.1) is 0 Å². The van der Waals surface area contributed by atoms with E-state index in [1.54, 1.807) is 0 Å². The molecule has 0 aliphatic rings. The van der Waals surface area contributed by atoms with E-state index in [0.29, 0.717) is 0 Å². The lowest BCUT2D eigenvalue weighted by Crippen LogP contribution is -2.28. The zero-order valence-electron chi connectivity index (χ0n) is 19.2. The summed E-state index contributed by atoms with van der Waals surface area (Å²) in [6.07, 6.45) is 0. The van der Waals surface area contributed by atoms with E-state index in [2.05, 4.69) is 152 Å². The summed E-state index contributed by atoms with van der Waals surface area (Å²) in [7, 11) is 0. The molecule has 0 radical (unpaired) electrons. The van der Waals surface area contributed by atoms with E-state index < -0.39 is 0 Å². The third-order valence-electron chi connectivity index (χ3n) is 7.17. The molecule has 0 bridgehead atoms. The van der Waals surface area contributed by atoms with Gasteiger partial charge in [-0.2, -0.15) is 0 Å². The maximum Gasteiger partial charge on any atom is 0.0573 e. The summed E-state index contributed by atoms with van der Waals surface area (Å²) in [5.74, 6) is 0. The fourth-order valence-corrected chi connectivity index (χ4v) is 5.02. The second-order valence-corrected chi connectivity index (χ2v) is 9.00. The van der Waals surface area contributed by atoms with Gasteiger partial charge in [-0.3, -0.25) is 0 Å². The molecule has 0 fully saturated rings. The van der Waals surface area contributed by atoms with Gasteiger partial charge < -0.3 is 4.98 Å². The summed E-state index contributed by atoms with van der Waals surface area (Å²) < 4.78 is 0. The Morgan fingerprint density at radius 3 is 0.848 bits per heavy atom. The largest absolute Gasteiger partial charge is 0.360 e. The van der Waals surface area contributed by atoms with E-state index in [9.17, 15) is 0 Å². The number of H-pyrrole nitrogens is 1. The number of nitrogens with one attached hydrogen (secondary N) is 1. The van der Waals surface area contributed by atoms with Crippen LogP contribution >= 0.6 is 0 Å². The number of hydrogen-bond donors (Lipinski definition) is 1. The highest BCUT2D eigenvalue weighted by atomic mass is 14.8. The van der Waals surface area contributed by atoms with Crippen LogP contribution in [0.5, 0.6) is 0 Å². The first-order valence-electron chi connectivity index (χ1n) is 11.6.